The van der Waals surface area contributed by atoms with E-state index < -0.39 is 6.10 Å². The lowest BCUT2D eigenvalue weighted by Crippen LogP contribution is -2.30. The molecule has 0 aromatic heterocycles. The highest BCUT2D eigenvalue weighted by Crippen LogP contribution is 2.15. The Kier molecular flexibility index (Phi) is 51.9. The normalized spacial score (nSPS) is 12.6. The Labute approximate surface area is 408 Å². The molecule has 0 heterocycles. The van der Waals surface area contributed by atoms with Crippen molar-refractivity contribution in [1.82, 2.24) is 0 Å². The van der Waals surface area contributed by atoms with Crippen LogP contribution in [0.1, 0.15) is 271 Å². The minimum absolute atomic E-state index is 0.0882. The molecule has 0 rings (SSSR count). The summed E-state index contributed by atoms with van der Waals surface area (Å²) in [6, 6.07) is 0. The molecule has 0 aliphatic heterocycles. The van der Waals surface area contributed by atoms with Crippen LogP contribution < -0.4 is 0 Å². The van der Waals surface area contributed by atoms with Crippen LogP contribution in [0.15, 0.2) is 72.9 Å². The van der Waals surface area contributed by atoms with Gasteiger partial charge in [-0.2, -0.15) is 0 Å². The molecule has 0 amide bonds. The van der Waals surface area contributed by atoms with Gasteiger partial charge in [0.25, 0.3) is 0 Å². The molecule has 0 saturated carbocycles. The molecule has 380 valence electrons. The molecule has 0 aromatic rings. The standard InChI is InChI=1S/C60H104O6/c1-4-7-10-13-16-19-22-25-28-29-30-33-35-38-41-44-47-50-53-59(62)65-56-57(66-60(63)54-51-48-45-42-39-36-32-27-24-21-18-15-12-9-6-3)55-64-58(61)52-49-46-43-40-37-34-31-26-23-20-17-14-11-8-5-2/h9,12,15,17-18,20-21,23-24,26,30,33,57H,4-8,10-11,13-14,16,19,22,25,27-29,31-32,34-56H2,1-3H3/b12-9-,18-15-,20-17-,24-21-,26-23-,33-30-. The zero-order valence-corrected chi connectivity index (χ0v) is 43.4. The summed E-state index contributed by atoms with van der Waals surface area (Å²) in [5.74, 6) is -0.914. The van der Waals surface area contributed by atoms with Gasteiger partial charge in [0.1, 0.15) is 13.2 Å². The number of carbonyl (C=O) groups excluding carboxylic acids is 3. The Balaban J connectivity index is 4.41. The number of rotatable bonds is 50. The average Bonchev–Trinajstić information content (AvgIpc) is 3.31. The zero-order chi connectivity index (χ0) is 47.9. The number of carbonyl (C=O) groups is 3. The van der Waals surface area contributed by atoms with Crippen LogP contribution in [-0.4, -0.2) is 37.2 Å². The lowest BCUT2D eigenvalue weighted by Gasteiger charge is -2.18. The number of hydrogen-bond donors (Lipinski definition) is 0. The monoisotopic (exact) mass is 921 g/mol. The fourth-order valence-electron chi connectivity index (χ4n) is 7.78. The van der Waals surface area contributed by atoms with Gasteiger partial charge in [-0.3, -0.25) is 14.4 Å². The van der Waals surface area contributed by atoms with E-state index in [1.807, 2.05) is 0 Å². The third kappa shape index (κ3) is 51.8. The Morgan fingerprint density at radius 3 is 1.00 bits per heavy atom. The van der Waals surface area contributed by atoms with Crippen LogP contribution >= 0.6 is 0 Å². The van der Waals surface area contributed by atoms with Gasteiger partial charge in [-0.05, 0) is 89.9 Å². The first-order chi connectivity index (χ1) is 32.5. The smallest absolute Gasteiger partial charge is 0.306 e. The third-order valence-corrected chi connectivity index (χ3v) is 12.0. The van der Waals surface area contributed by atoms with Crippen molar-refractivity contribution >= 4 is 17.9 Å². The number of hydrogen-bond acceptors (Lipinski definition) is 6. The summed E-state index contributed by atoms with van der Waals surface area (Å²) in [5.41, 5.74) is 0. The summed E-state index contributed by atoms with van der Waals surface area (Å²) < 4.78 is 16.8. The minimum Gasteiger partial charge on any atom is -0.462 e. The Hall–Kier alpha value is -3.15. The van der Waals surface area contributed by atoms with Gasteiger partial charge in [0.05, 0.1) is 0 Å². The van der Waals surface area contributed by atoms with Crippen molar-refractivity contribution in [2.75, 3.05) is 13.2 Å². The van der Waals surface area contributed by atoms with Gasteiger partial charge in [0, 0.05) is 19.3 Å². The van der Waals surface area contributed by atoms with E-state index in [2.05, 4.69) is 93.7 Å². The van der Waals surface area contributed by atoms with Crippen LogP contribution in [0.3, 0.4) is 0 Å². The first-order valence-corrected chi connectivity index (χ1v) is 28.0. The van der Waals surface area contributed by atoms with E-state index in [0.29, 0.717) is 19.3 Å². The van der Waals surface area contributed by atoms with E-state index in [4.69, 9.17) is 14.2 Å². The van der Waals surface area contributed by atoms with Crippen molar-refractivity contribution in [1.29, 1.82) is 0 Å². The van der Waals surface area contributed by atoms with Crippen LogP contribution in [0.2, 0.25) is 0 Å². The molecule has 1 unspecified atom stereocenters. The lowest BCUT2D eigenvalue weighted by molar-refractivity contribution is -0.167. The Bertz CT molecular complexity index is 1240. The summed E-state index contributed by atoms with van der Waals surface area (Å²) >= 11 is 0. The van der Waals surface area contributed by atoms with Gasteiger partial charge in [0.2, 0.25) is 0 Å². The number of esters is 3. The number of ether oxygens (including phenoxy) is 3. The predicted octanol–water partition coefficient (Wildman–Crippen LogP) is 18.6. The summed E-state index contributed by atoms with van der Waals surface area (Å²) in [5, 5.41) is 0. The summed E-state index contributed by atoms with van der Waals surface area (Å²) in [6.45, 7) is 6.47. The topological polar surface area (TPSA) is 78.9 Å². The Morgan fingerprint density at radius 2 is 0.606 bits per heavy atom. The molecule has 0 radical (unpaired) electrons. The van der Waals surface area contributed by atoms with E-state index in [9.17, 15) is 14.4 Å². The quantitative estimate of drug-likeness (QED) is 0.0199. The second-order valence-corrected chi connectivity index (χ2v) is 18.5. The van der Waals surface area contributed by atoms with Crippen molar-refractivity contribution in [3.05, 3.63) is 72.9 Å². The van der Waals surface area contributed by atoms with E-state index in [1.54, 1.807) is 0 Å². The maximum atomic E-state index is 12.8. The first kappa shape index (κ1) is 62.8. The molecular weight excluding hydrogens is 817 g/mol. The van der Waals surface area contributed by atoms with Crippen LogP contribution in [-0.2, 0) is 28.6 Å². The largest absolute Gasteiger partial charge is 0.462 e. The summed E-state index contributed by atoms with van der Waals surface area (Å²) in [7, 11) is 0. The van der Waals surface area contributed by atoms with Gasteiger partial charge >= 0.3 is 17.9 Å². The molecule has 6 heteroatoms. The van der Waals surface area contributed by atoms with E-state index in [1.165, 1.54) is 148 Å². The van der Waals surface area contributed by atoms with Crippen LogP contribution in [0.5, 0.6) is 0 Å². The molecule has 0 aromatic carbocycles. The second-order valence-electron chi connectivity index (χ2n) is 18.5. The predicted molar refractivity (Wildman–Crippen MR) is 284 cm³/mol. The van der Waals surface area contributed by atoms with Gasteiger partial charge in [-0.1, -0.05) is 235 Å². The van der Waals surface area contributed by atoms with Crippen molar-refractivity contribution in [2.24, 2.45) is 0 Å². The van der Waals surface area contributed by atoms with Gasteiger partial charge in [-0.15, -0.1) is 0 Å². The molecule has 66 heavy (non-hydrogen) atoms. The highest BCUT2D eigenvalue weighted by Gasteiger charge is 2.19. The maximum absolute atomic E-state index is 12.8. The molecule has 0 aliphatic rings. The first-order valence-electron chi connectivity index (χ1n) is 28.0. The van der Waals surface area contributed by atoms with Gasteiger partial charge in [0.15, 0.2) is 6.10 Å². The fraction of sp³-hybridized carbons (Fsp3) is 0.750. The molecule has 0 aliphatic carbocycles. The van der Waals surface area contributed by atoms with Crippen molar-refractivity contribution in [2.45, 2.75) is 277 Å². The number of allylic oxidation sites excluding steroid dienone is 12. The van der Waals surface area contributed by atoms with Crippen molar-refractivity contribution < 1.29 is 28.6 Å². The summed E-state index contributed by atoms with van der Waals surface area (Å²) in [4.78, 5) is 38.1. The average molecular weight is 921 g/mol. The molecule has 0 saturated heterocycles. The third-order valence-electron chi connectivity index (χ3n) is 12.0. The molecule has 0 bridgehead atoms. The number of unbranched alkanes of at least 4 members (excludes halogenated alkanes) is 30. The fourth-order valence-corrected chi connectivity index (χ4v) is 7.78. The van der Waals surface area contributed by atoms with Crippen LogP contribution in [0, 0.1) is 0 Å². The molecule has 1 atom stereocenters. The molecule has 0 spiro atoms. The highest BCUT2D eigenvalue weighted by atomic mass is 16.6. The minimum atomic E-state index is -0.790. The van der Waals surface area contributed by atoms with Crippen LogP contribution in [0.4, 0.5) is 0 Å². The highest BCUT2D eigenvalue weighted by molar-refractivity contribution is 5.71. The zero-order valence-electron chi connectivity index (χ0n) is 43.4. The van der Waals surface area contributed by atoms with Crippen LogP contribution in [0.25, 0.3) is 0 Å². The molecule has 0 fully saturated rings. The van der Waals surface area contributed by atoms with Crippen molar-refractivity contribution in [3.63, 3.8) is 0 Å². The maximum Gasteiger partial charge on any atom is 0.306 e. The van der Waals surface area contributed by atoms with E-state index >= 15 is 0 Å². The van der Waals surface area contributed by atoms with Gasteiger partial charge in [-0.25, -0.2) is 0 Å². The van der Waals surface area contributed by atoms with E-state index in [0.717, 1.165) is 83.5 Å². The van der Waals surface area contributed by atoms with Gasteiger partial charge < -0.3 is 14.2 Å². The molecule has 6 nitrogen and oxygen atoms in total. The Morgan fingerprint density at radius 1 is 0.318 bits per heavy atom. The summed E-state index contributed by atoms with van der Waals surface area (Å²) in [6.07, 6.45) is 68.8. The lowest BCUT2D eigenvalue weighted by atomic mass is 10.1. The molecular formula is C60H104O6. The van der Waals surface area contributed by atoms with Crippen molar-refractivity contribution in [3.8, 4) is 0 Å². The SMILES string of the molecule is CC\C=C/C=C\C=C/CCCCCCCCCC(=O)OC(COC(=O)CCCCCCC/C=C\CCCCCCCCCCC)COC(=O)CCCCCCCC/C=C\C=C/CCCCC. The van der Waals surface area contributed by atoms with E-state index in [-0.39, 0.29) is 31.1 Å². The molecule has 0 N–H and O–H groups in total. The second kappa shape index (κ2) is 54.5.